The zero-order valence-electron chi connectivity index (χ0n) is 8.74. The standard InChI is InChI=1S/C11H12F3I/c1-10(2,3)7-4-8(11(12,13)14)6-9(15)5-7/h4-6H,1-3H3. The Morgan fingerprint density at radius 1 is 0.933 bits per heavy atom. The van der Waals surface area contributed by atoms with Crippen LogP contribution in [0.25, 0.3) is 0 Å². The van der Waals surface area contributed by atoms with Gasteiger partial charge in [-0.2, -0.15) is 13.2 Å². The molecule has 15 heavy (non-hydrogen) atoms. The Morgan fingerprint density at radius 2 is 1.40 bits per heavy atom. The van der Waals surface area contributed by atoms with Gasteiger partial charge in [0, 0.05) is 3.57 Å². The van der Waals surface area contributed by atoms with Crippen LogP contribution >= 0.6 is 22.6 Å². The maximum atomic E-state index is 12.5. The Bertz CT molecular complexity index is 329. The SMILES string of the molecule is CC(C)(C)c1cc(I)cc(C(F)(F)F)c1. The lowest BCUT2D eigenvalue weighted by Gasteiger charge is -2.21. The minimum absolute atomic E-state index is 0.263. The van der Waals surface area contributed by atoms with E-state index in [2.05, 4.69) is 0 Å². The first-order valence-corrected chi connectivity index (χ1v) is 5.57. The molecule has 84 valence electrons. The molecule has 0 heterocycles. The van der Waals surface area contributed by atoms with Crippen LogP contribution in [0.3, 0.4) is 0 Å². The lowest BCUT2D eigenvalue weighted by atomic mass is 9.86. The first-order valence-electron chi connectivity index (χ1n) is 4.49. The zero-order chi connectivity index (χ0) is 11.9. The van der Waals surface area contributed by atoms with Gasteiger partial charge in [-0.15, -0.1) is 0 Å². The molecule has 0 nitrogen and oxygen atoms in total. The fourth-order valence-corrected chi connectivity index (χ4v) is 1.86. The van der Waals surface area contributed by atoms with E-state index in [1.165, 1.54) is 6.07 Å². The van der Waals surface area contributed by atoms with E-state index in [0.29, 0.717) is 9.13 Å². The van der Waals surface area contributed by atoms with Crippen molar-refractivity contribution in [1.82, 2.24) is 0 Å². The van der Waals surface area contributed by atoms with Gasteiger partial charge in [-0.05, 0) is 51.8 Å². The van der Waals surface area contributed by atoms with Crippen molar-refractivity contribution in [3.05, 3.63) is 32.9 Å². The molecule has 0 saturated carbocycles. The first-order chi connectivity index (χ1) is 6.60. The Kier molecular flexibility index (Phi) is 3.38. The molecule has 0 atom stereocenters. The van der Waals surface area contributed by atoms with Gasteiger partial charge in [-0.25, -0.2) is 0 Å². The molecule has 0 radical (unpaired) electrons. The van der Waals surface area contributed by atoms with Gasteiger partial charge in [-0.1, -0.05) is 20.8 Å². The van der Waals surface area contributed by atoms with E-state index in [1.54, 1.807) is 6.07 Å². The summed E-state index contributed by atoms with van der Waals surface area (Å²) in [6.45, 7) is 5.70. The number of halogens is 4. The molecular formula is C11H12F3I. The number of hydrogen-bond donors (Lipinski definition) is 0. The molecule has 1 aromatic carbocycles. The van der Waals surface area contributed by atoms with Crippen LogP contribution in [0.4, 0.5) is 13.2 Å². The molecule has 0 unspecified atom stereocenters. The predicted octanol–water partition coefficient (Wildman–Crippen LogP) is 4.61. The van der Waals surface area contributed by atoms with Gasteiger partial charge in [0.15, 0.2) is 0 Å². The summed E-state index contributed by atoms with van der Waals surface area (Å²) in [7, 11) is 0. The van der Waals surface area contributed by atoms with Gasteiger partial charge in [0.1, 0.15) is 0 Å². The Balaban J connectivity index is 3.30. The molecule has 1 rings (SSSR count). The van der Waals surface area contributed by atoms with Gasteiger partial charge in [0.2, 0.25) is 0 Å². The van der Waals surface area contributed by atoms with E-state index in [4.69, 9.17) is 0 Å². The maximum absolute atomic E-state index is 12.5. The van der Waals surface area contributed by atoms with Crippen LogP contribution in [-0.2, 0) is 11.6 Å². The van der Waals surface area contributed by atoms with Gasteiger partial charge >= 0.3 is 6.18 Å². The van der Waals surface area contributed by atoms with E-state index in [0.717, 1.165) is 6.07 Å². The van der Waals surface area contributed by atoms with E-state index >= 15 is 0 Å². The molecule has 0 spiro atoms. The first kappa shape index (κ1) is 12.8. The highest BCUT2D eigenvalue weighted by molar-refractivity contribution is 14.1. The third-order valence-electron chi connectivity index (χ3n) is 2.09. The van der Waals surface area contributed by atoms with Crippen molar-refractivity contribution < 1.29 is 13.2 Å². The quantitative estimate of drug-likeness (QED) is 0.610. The molecular weight excluding hydrogens is 316 g/mol. The molecule has 0 saturated heterocycles. The minimum Gasteiger partial charge on any atom is -0.166 e. The van der Waals surface area contributed by atoms with Crippen LogP contribution in [0.15, 0.2) is 18.2 Å². The number of alkyl halides is 3. The fraction of sp³-hybridized carbons (Fsp3) is 0.455. The van der Waals surface area contributed by atoms with Crippen molar-refractivity contribution in [1.29, 1.82) is 0 Å². The molecule has 0 aliphatic carbocycles. The van der Waals surface area contributed by atoms with E-state index in [9.17, 15) is 13.2 Å². The molecule has 1 aromatic rings. The topological polar surface area (TPSA) is 0 Å². The van der Waals surface area contributed by atoms with Crippen molar-refractivity contribution in [2.45, 2.75) is 32.4 Å². The number of hydrogen-bond acceptors (Lipinski definition) is 0. The van der Waals surface area contributed by atoms with Gasteiger partial charge in [0.05, 0.1) is 5.56 Å². The Morgan fingerprint density at radius 3 is 1.80 bits per heavy atom. The van der Waals surface area contributed by atoms with Gasteiger partial charge < -0.3 is 0 Å². The molecule has 0 aromatic heterocycles. The number of benzene rings is 1. The second kappa shape index (κ2) is 3.96. The van der Waals surface area contributed by atoms with Crippen LogP contribution in [-0.4, -0.2) is 0 Å². The molecule has 0 fully saturated rings. The van der Waals surface area contributed by atoms with Crippen molar-refractivity contribution >= 4 is 22.6 Å². The zero-order valence-corrected chi connectivity index (χ0v) is 10.9. The average Bonchev–Trinajstić information content (AvgIpc) is 1.99. The summed E-state index contributed by atoms with van der Waals surface area (Å²) < 4.78 is 38.2. The minimum atomic E-state index is -4.26. The summed E-state index contributed by atoms with van der Waals surface area (Å²) in [6, 6.07) is 4.17. The summed E-state index contributed by atoms with van der Waals surface area (Å²) in [5.41, 5.74) is -0.123. The van der Waals surface area contributed by atoms with Crippen LogP contribution in [0.5, 0.6) is 0 Å². The molecule has 0 aliphatic heterocycles. The lowest BCUT2D eigenvalue weighted by molar-refractivity contribution is -0.137. The third-order valence-corrected chi connectivity index (χ3v) is 2.71. The summed E-state index contributed by atoms with van der Waals surface area (Å²) in [5.74, 6) is 0. The highest BCUT2D eigenvalue weighted by Crippen LogP contribution is 2.34. The second-order valence-electron chi connectivity index (χ2n) is 4.48. The monoisotopic (exact) mass is 328 g/mol. The van der Waals surface area contributed by atoms with Crippen LogP contribution in [0.1, 0.15) is 31.9 Å². The highest BCUT2D eigenvalue weighted by atomic mass is 127. The van der Waals surface area contributed by atoms with E-state index < -0.39 is 11.7 Å². The molecule has 0 bridgehead atoms. The Hall–Kier alpha value is -0.260. The van der Waals surface area contributed by atoms with Gasteiger partial charge in [0.25, 0.3) is 0 Å². The third kappa shape index (κ3) is 3.36. The molecule has 0 N–H and O–H groups in total. The van der Waals surface area contributed by atoms with Crippen molar-refractivity contribution in [3.8, 4) is 0 Å². The van der Waals surface area contributed by atoms with Crippen LogP contribution in [0, 0.1) is 3.57 Å². The van der Waals surface area contributed by atoms with Crippen molar-refractivity contribution in [2.75, 3.05) is 0 Å². The maximum Gasteiger partial charge on any atom is 0.416 e. The predicted molar refractivity (Wildman–Crippen MR) is 62.9 cm³/mol. The van der Waals surface area contributed by atoms with Crippen molar-refractivity contribution in [2.24, 2.45) is 0 Å². The Labute approximate surface area is 101 Å². The summed E-state index contributed by atoms with van der Waals surface area (Å²) in [6.07, 6.45) is -4.26. The molecule has 0 amide bonds. The molecule has 0 aliphatic rings. The summed E-state index contributed by atoms with van der Waals surface area (Å²) in [5, 5.41) is 0. The van der Waals surface area contributed by atoms with Crippen molar-refractivity contribution in [3.63, 3.8) is 0 Å². The average molecular weight is 328 g/mol. The normalized spacial score (nSPS) is 13.0. The van der Waals surface area contributed by atoms with E-state index in [-0.39, 0.29) is 5.41 Å². The second-order valence-corrected chi connectivity index (χ2v) is 5.72. The van der Waals surface area contributed by atoms with E-state index in [1.807, 2.05) is 43.4 Å². The highest BCUT2D eigenvalue weighted by Gasteiger charge is 2.32. The summed E-state index contributed by atoms with van der Waals surface area (Å²) >= 11 is 1.91. The lowest BCUT2D eigenvalue weighted by Crippen LogP contribution is -2.14. The molecule has 4 heteroatoms. The number of rotatable bonds is 0. The van der Waals surface area contributed by atoms with Gasteiger partial charge in [-0.3, -0.25) is 0 Å². The smallest absolute Gasteiger partial charge is 0.166 e. The largest absolute Gasteiger partial charge is 0.416 e. The summed E-state index contributed by atoms with van der Waals surface area (Å²) in [4.78, 5) is 0. The van der Waals surface area contributed by atoms with Crippen LogP contribution < -0.4 is 0 Å². The van der Waals surface area contributed by atoms with Crippen LogP contribution in [0.2, 0.25) is 0 Å². The fourth-order valence-electron chi connectivity index (χ4n) is 1.19.